The zero-order valence-corrected chi connectivity index (χ0v) is 11.3. The minimum absolute atomic E-state index is 0.0798. The molecule has 0 radical (unpaired) electrons. The van der Waals surface area contributed by atoms with Gasteiger partial charge in [-0.3, -0.25) is 0 Å². The first-order valence-electron chi connectivity index (χ1n) is 6.69. The van der Waals surface area contributed by atoms with Crippen molar-refractivity contribution in [3.8, 4) is 0 Å². The second-order valence-electron chi connectivity index (χ2n) is 4.55. The standard InChI is InChI=1S/C14H21N3O2/c1-2-3-7-19-8-6-17-13-5-4-11(15)9-12(13)16-14(17)10-18/h4-5,9,18H,2-3,6-8,10,15H2,1H3. The van der Waals surface area contributed by atoms with Gasteiger partial charge in [0.2, 0.25) is 0 Å². The van der Waals surface area contributed by atoms with Gasteiger partial charge in [0, 0.05) is 18.8 Å². The van der Waals surface area contributed by atoms with Gasteiger partial charge in [-0.1, -0.05) is 13.3 Å². The van der Waals surface area contributed by atoms with Gasteiger partial charge in [0.1, 0.15) is 12.4 Å². The van der Waals surface area contributed by atoms with Crippen LogP contribution < -0.4 is 5.73 Å². The lowest BCUT2D eigenvalue weighted by atomic mass is 10.3. The topological polar surface area (TPSA) is 73.3 Å². The first-order chi connectivity index (χ1) is 9.26. The number of imidazole rings is 1. The van der Waals surface area contributed by atoms with Gasteiger partial charge in [-0.05, 0) is 24.6 Å². The molecule has 0 saturated heterocycles. The lowest BCUT2D eigenvalue weighted by Crippen LogP contribution is -2.10. The van der Waals surface area contributed by atoms with Gasteiger partial charge in [0.05, 0.1) is 17.6 Å². The third-order valence-electron chi connectivity index (χ3n) is 3.09. The largest absolute Gasteiger partial charge is 0.399 e. The molecule has 0 aliphatic rings. The Kier molecular flexibility index (Phi) is 4.76. The molecular formula is C14H21N3O2. The molecule has 0 atom stereocenters. The minimum atomic E-state index is -0.0798. The van der Waals surface area contributed by atoms with Crippen molar-refractivity contribution in [2.24, 2.45) is 0 Å². The number of anilines is 1. The van der Waals surface area contributed by atoms with E-state index in [0.717, 1.165) is 30.5 Å². The molecule has 0 aliphatic carbocycles. The Morgan fingerprint density at radius 2 is 2.21 bits per heavy atom. The van der Waals surface area contributed by atoms with Gasteiger partial charge in [-0.2, -0.15) is 0 Å². The van der Waals surface area contributed by atoms with Crippen LogP contribution in [0.3, 0.4) is 0 Å². The van der Waals surface area contributed by atoms with Gasteiger partial charge in [-0.15, -0.1) is 0 Å². The number of aliphatic hydroxyl groups excluding tert-OH is 1. The molecule has 0 saturated carbocycles. The average molecular weight is 263 g/mol. The molecule has 5 nitrogen and oxygen atoms in total. The molecule has 0 spiro atoms. The second kappa shape index (κ2) is 6.54. The second-order valence-corrected chi connectivity index (χ2v) is 4.55. The van der Waals surface area contributed by atoms with Gasteiger partial charge >= 0.3 is 0 Å². The zero-order valence-electron chi connectivity index (χ0n) is 11.3. The third-order valence-corrected chi connectivity index (χ3v) is 3.09. The molecule has 0 bridgehead atoms. The lowest BCUT2D eigenvalue weighted by molar-refractivity contribution is 0.122. The summed E-state index contributed by atoms with van der Waals surface area (Å²) in [5.41, 5.74) is 8.23. The molecule has 1 aromatic heterocycles. The third kappa shape index (κ3) is 3.24. The van der Waals surface area contributed by atoms with Crippen LogP contribution in [0.2, 0.25) is 0 Å². The van der Waals surface area contributed by atoms with E-state index >= 15 is 0 Å². The van der Waals surface area contributed by atoms with Crippen molar-refractivity contribution in [2.75, 3.05) is 18.9 Å². The van der Waals surface area contributed by atoms with E-state index in [4.69, 9.17) is 10.5 Å². The fourth-order valence-electron chi connectivity index (χ4n) is 2.07. The van der Waals surface area contributed by atoms with Crippen molar-refractivity contribution >= 4 is 16.7 Å². The molecule has 2 aromatic rings. The molecule has 0 aliphatic heterocycles. The van der Waals surface area contributed by atoms with Crippen LogP contribution >= 0.6 is 0 Å². The average Bonchev–Trinajstić information content (AvgIpc) is 2.75. The predicted molar refractivity (Wildman–Crippen MR) is 75.8 cm³/mol. The molecule has 0 fully saturated rings. The highest BCUT2D eigenvalue weighted by Gasteiger charge is 2.09. The van der Waals surface area contributed by atoms with Crippen molar-refractivity contribution in [3.63, 3.8) is 0 Å². The summed E-state index contributed by atoms with van der Waals surface area (Å²) < 4.78 is 7.55. The van der Waals surface area contributed by atoms with Gasteiger partial charge in [0.15, 0.2) is 0 Å². The van der Waals surface area contributed by atoms with Crippen LogP contribution in [0.4, 0.5) is 5.69 Å². The number of unbranched alkanes of at least 4 members (excludes halogenated alkanes) is 1. The number of aromatic nitrogens is 2. The predicted octanol–water partition coefficient (Wildman–Crippen LogP) is 1.93. The first-order valence-corrected chi connectivity index (χ1v) is 6.69. The van der Waals surface area contributed by atoms with Crippen molar-refractivity contribution < 1.29 is 9.84 Å². The Morgan fingerprint density at radius 3 is 2.95 bits per heavy atom. The number of aliphatic hydroxyl groups is 1. The van der Waals surface area contributed by atoms with E-state index in [1.165, 1.54) is 0 Å². The van der Waals surface area contributed by atoms with Gasteiger partial charge in [-0.25, -0.2) is 4.98 Å². The molecule has 5 heteroatoms. The molecule has 0 amide bonds. The van der Waals surface area contributed by atoms with Crippen molar-refractivity contribution in [3.05, 3.63) is 24.0 Å². The normalized spacial score (nSPS) is 11.3. The Morgan fingerprint density at radius 1 is 1.37 bits per heavy atom. The van der Waals surface area contributed by atoms with E-state index in [9.17, 15) is 5.11 Å². The quantitative estimate of drug-likeness (QED) is 0.591. The van der Waals surface area contributed by atoms with E-state index in [2.05, 4.69) is 11.9 Å². The molecule has 104 valence electrons. The summed E-state index contributed by atoms with van der Waals surface area (Å²) >= 11 is 0. The van der Waals surface area contributed by atoms with Crippen molar-refractivity contribution in [2.45, 2.75) is 32.9 Å². The Labute approximate surface area is 113 Å². The number of rotatable bonds is 7. The summed E-state index contributed by atoms with van der Waals surface area (Å²) in [5, 5.41) is 9.37. The molecular weight excluding hydrogens is 242 g/mol. The molecule has 0 unspecified atom stereocenters. The maximum Gasteiger partial charge on any atom is 0.135 e. The van der Waals surface area contributed by atoms with Crippen LogP contribution in [-0.2, 0) is 17.9 Å². The van der Waals surface area contributed by atoms with Crippen molar-refractivity contribution in [1.29, 1.82) is 0 Å². The van der Waals surface area contributed by atoms with Crippen LogP contribution in [0.5, 0.6) is 0 Å². The van der Waals surface area contributed by atoms with Crippen molar-refractivity contribution in [1.82, 2.24) is 9.55 Å². The van der Waals surface area contributed by atoms with E-state index in [1.807, 2.05) is 22.8 Å². The molecule has 2 rings (SSSR count). The van der Waals surface area contributed by atoms with Gasteiger partial charge in [0.25, 0.3) is 0 Å². The first kappa shape index (κ1) is 13.8. The fourth-order valence-corrected chi connectivity index (χ4v) is 2.07. The fraction of sp³-hybridized carbons (Fsp3) is 0.500. The monoisotopic (exact) mass is 263 g/mol. The van der Waals surface area contributed by atoms with E-state index < -0.39 is 0 Å². The van der Waals surface area contributed by atoms with Crippen LogP contribution in [0, 0.1) is 0 Å². The van der Waals surface area contributed by atoms with Crippen LogP contribution in [0.25, 0.3) is 11.0 Å². The highest BCUT2D eigenvalue weighted by atomic mass is 16.5. The van der Waals surface area contributed by atoms with Crippen LogP contribution in [-0.4, -0.2) is 27.9 Å². The SMILES string of the molecule is CCCCOCCn1c(CO)nc2cc(N)ccc21. The number of hydrogen-bond acceptors (Lipinski definition) is 4. The van der Waals surface area contributed by atoms with Crippen LogP contribution in [0.1, 0.15) is 25.6 Å². The smallest absolute Gasteiger partial charge is 0.135 e. The van der Waals surface area contributed by atoms with E-state index in [1.54, 1.807) is 0 Å². The summed E-state index contributed by atoms with van der Waals surface area (Å²) in [4.78, 5) is 4.38. The molecule has 19 heavy (non-hydrogen) atoms. The summed E-state index contributed by atoms with van der Waals surface area (Å²) in [6, 6.07) is 5.60. The number of benzene rings is 1. The number of nitrogen functional groups attached to an aromatic ring is 1. The number of hydrogen-bond donors (Lipinski definition) is 2. The number of nitrogens with zero attached hydrogens (tertiary/aromatic N) is 2. The molecule has 1 heterocycles. The summed E-state index contributed by atoms with van der Waals surface area (Å²) in [7, 11) is 0. The number of nitrogens with two attached hydrogens (primary N) is 1. The van der Waals surface area contributed by atoms with E-state index in [0.29, 0.717) is 24.7 Å². The van der Waals surface area contributed by atoms with Crippen LogP contribution in [0.15, 0.2) is 18.2 Å². The number of fused-ring (bicyclic) bond motifs is 1. The van der Waals surface area contributed by atoms with Gasteiger partial charge < -0.3 is 20.1 Å². The lowest BCUT2D eigenvalue weighted by Gasteiger charge is -2.08. The molecule has 1 aromatic carbocycles. The number of ether oxygens (including phenoxy) is 1. The Hall–Kier alpha value is -1.59. The Balaban J connectivity index is 2.11. The zero-order chi connectivity index (χ0) is 13.7. The highest BCUT2D eigenvalue weighted by molar-refractivity contribution is 5.79. The maximum atomic E-state index is 9.37. The Bertz CT molecular complexity index is 537. The maximum absolute atomic E-state index is 9.37. The minimum Gasteiger partial charge on any atom is -0.399 e. The summed E-state index contributed by atoms with van der Waals surface area (Å²) in [6.45, 7) is 4.16. The molecule has 3 N–H and O–H groups in total. The highest BCUT2D eigenvalue weighted by Crippen LogP contribution is 2.19. The van der Waals surface area contributed by atoms with E-state index in [-0.39, 0.29) is 6.61 Å². The summed E-state index contributed by atoms with van der Waals surface area (Å²) in [5.74, 6) is 0.652. The summed E-state index contributed by atoms with van der Waals surface area (Å²) in [6.07, 6.45) is 2.21.